The van der Waals surface area contributed by atoms with Crippen molar-refractivity contribution in [2.45, 2.75) is 18.1 Å². The van der Waals surface area contributed by atoms with Crippen LogP contribution in [-0.2, 0) is 30.6 Å². The molecule has 0 aliphatic carbocycles. The van der Waals surface area contributed by atoms with E-state index < -0.39 is 15.8 Å². The Morgan fingerprint density at radius 3 is 2.62 bits per heavy atom. The zero-order chi connectivity index (χ0) is 19.0. The van der Waals surface area contributed by atoms with Crippen molar-refractivity contribution >= 4 is 33.5 Å². The van der Waals surface area contributed by atoms with E-state index in [-0.39, 0.29) is 35.0 Å². The lowest BCUT2D eigenvalue weighted by atomic mass is 10.1. The Kier molecular flexibility index (Phi) is 7.77. The highest BCUT2D eigenvalue weighted by atomic mass is 32.2. The molecule has 1 aliphatic heterocycles. The van der Waals surface area contributed by atoms with Gasteiger partial charge in [-0.3, -0.25) is 9.59 Å². The van der Waals surface area contributed by atoms with Gasteiger partial charge < -0.3 is 14.8 Å². The van der Waals surface area contributed by atoms with Crippen LogP contribution < -0.4 is 10.1 Å². The van der Waals surface area contributed by atoms with Crippen LogP contribution in [0.3, 0.4) is 0 Å². The minimum atomic E-state index is -2.95. The summed E-state index contributed by atoms with van der Waals surface area (Å²) in [5, 5.41) is 2.63. The van der Waals surface area contributed by atoms with Crippen LogP contribution in [0.4, 0.5) is 0 Å². The largest absolute Gasteiger partial charge is 0.497 e. The molecule has 2 rings (SSSR count). The maximum Gasteiger partial charge on any atom is 0.316 e. The Hall–Kier alpha value is -1.74. The summed E-state index contributed by atoms with van der Waals surface area (Å²) in [4.78, 5) is 23.3. The average Bonchev–Trinajstić information content (AvgIpc) is 2.97. The number of hydrogen-bond donors (Lipinski definition) is 1. The van der Waals surface area contributed by atoms with Crippen molar-refractivity contribution in [2.24, 2.45) is 0 Å². The molecule has 1 aliphatic rings. The smallest absolute Gasteiger partial charge is 0.316 e. The van der Waals surface area contributed by atoms with Gasteiger partial charge in [-0.1, -0.05) is 12.1 Å². The number of amides is 1. The Balaban J connectivity index is 1.57. The van der Waals surface area contributed by atoms with Crippen molar-refractivity contribution in [1.82, 2.24) is 5.32 Å². The van der Waals surface area contributed by atoms with Gasteiger partial charge in [-0.2, -0.15) is 0 Å². The molecule has 1 atom stereocenters. The predicted octanol–water partition coefficient (Wildman–Crippen LogP) is 0.817. The Labute approximate surface area is 157 Å². The lowest BCUT2D eigenvalue weighted by molar-refractivity contribution is -0.145. The quantitative estimate of drug-likeness (QED) is 0.612. The molecule has 1 heterocycles. The van der Waals surface area contributed by atoms with E-state index in [0.29, 0.717) is 19.4 Å². The van der Waals surface area contributed by atoms with E-state index in [0.717, 1.165) is 11.3 Å². The molecule has 0 spiro atoms. The number of benzene rings is 1. The van der Waals surface area contributed by atoms with Gasteiger partial charge in [0.1, 0.15) is 5.75 Å². The number of carbonyl (C=O) groups is 2. The van der Waals surface area contributed by atoms with Crippen molar-refractivity contribution in [3.63, 3.8) is 0 Å². The van der Waals surface area contributed by atoms with Gasteiger partial charge in [0.05, 0.1) is 24.4 Å². The molecule has 144 valence electrons. The van der Waals surface area contributed by atoms with E-state index >= 15 is 0 Å². The lowest BCUT2D eigenvalue weighted by Gasteiger charge is -2.09. The summed E-state index contributed by atoms with van der Waals surface area (Å²) in [6.45, 7) is 0.113. The fraction of sp³-hybridized carbons (Fsp3) is 0.529. The lowest BCUT2D eigenvalue weighted by Crippen LogP contribution is -2.30. The molecule has 7 nitrogen and oxygen atoms in total. The van der Waals surface area contributed by atoms with Crippen LogP contribution in [0.5, 0.6) is 5.75 Å². The van der Waals surface area contributed by atoms with Gasteiger partial charge in [0.15, 0.2) is 16.4 Å². The van der Waals surface area contributed by atoms with Crippen molar-refractivity contribution in [1.29, 1.82) is 0 Å². The molecule has 0 radical (unpaired) electrons. The maximum atomic E-state index is 11.7. The van der Waals surface area contributed by atoms with E-state index in [1.54, 1.807) is 7.11 Å². The molecule has 1 amide bonds. The van der Waals surface area contributed by atoms with E-state index in [1.807, 2.05) is 24.3 Å². The first-order valence-electron chi connectivity index (χ1n) is 8.25. The van der Waals surface area contributed by atoms with Crippen LogP contribution in [0.15, 0.2) is 24.3 Å². The van der Waals surface area contributed by atoms with Crippen molar-refractivity contribution in [2.75, 3.05) is 37.5 Å². The SMILES string of the molecule is COc1ccc(CCNC(=O)COC(=O)CS[C@H]2CCS(=O)(=O)C2)cc1. The van der Waals surface area contributed by atoms with Crippen LogP contribution >= 0.6 is 11.8 Å². The van der Waals surface area contributed by atoms with Crippen molar-refractivity contribution < 1.29 is 27.5 Å². The minimum absolute atomic E-state index is 0.0549. The summed E-state index contributed by atoms with van der Waals surface area (Å²) in [7, 11) is -1.35. The topological polar surface area (TPSA) is 98.8 Å². The monoisotopic (exact) mass is 401 g/mol. The molecule has 1 saturated heterocycles. The first-order chi connectivity index (χ1) is 12.4. The first kappa shape index (κ1) is 20.6. The van der Waals surface area contributed by atoms with Gasteiger partial charge in [-0.15, -0.1) is 11.8 Å². The molecule has 1 fully saturated rings. The fourth-order valence-electron chi connectivity index (χ4n) is 2.46. The number of carbonyl (C=O) groups excluding carboxylic acids is 2. The van der Waals surface area contributed by atoms with Gasteiger partial charge >= 0.3 is 5.97 Å². The molecule has 1 N–H and O–H groups in total. The third-order valence-corrected chi connectivity index (χ3v) is 7.14. The highest BCUT2D eigenvalue weighted by Gasteiger charge is 2.28. The van der Waals surface area contributed by atoms with Gasteiger partial charge in [0.25, 0.3) is 5.91 Å². The van der Waals surface area contributed by atoms with Gasteiger partial charge in [-0.05, 0) is 30.5 Å². The van der Waals surface area contributed by atoms with Crippen molar-refractivity contribution in [3.05, 3.63) is 29.8 Å². The number of ether oxygens (including phenoxy) is 2. The summed E-state index contributed by atoms with van der Waals surface area (Å²) in [5.41, 5.74) is 1.06. The van der Waals surface area contributed by atoms with Gasteiger partial charge in [0, 0.05) is 11.8 Å². The maximum absolute atomic E-state index is 11.7. The van der Waals surface area contributed by atoms with E-state index in [9.17, 15) is 18.0 Å². The van der Waals surface area contributed by atoms with Gasteiger partial charge in [-0.25, -0.2) is 8.42 Å². The zero-order valence-corrected chi connectivity index (χ0v) is 16.2. The highest BCUT2D eigenvalue weighted by molar-refractivity contribution is 8.02. The normalized spacial score (nSPS) is 18.3. The molecule has 26 heavy (non-hydrogen) atoms. The summed E-state index contributed by atoms with van der Waals surface area (Å²) in [6, 6.07) is 7.55. The second-order valence-electron chi connectivity index (χ2n) is 5.94. The van der Waals surface area contributed by atoms with Crippen molar-refractivity contribution in [3.8, 4) is 5.75 Å². The van der Waals surface area contributed by atoms with Crippen LogP contribution in [0.1, 0.15) is 12.0 Å². The Morgan fingerprint density at radius 2 is 2.00 bits per heavy atom. The number of nitrogens with one attached hydrogen (secondary N) is 1. The Morgan fingerprint density at radius 1 is 1.27 bits per heavy atom. The standard InChI is InChI=1S/C17H23NO6S2/c1-23-14-4-2-13(3-5-14)6-8-18-16(19)10-24-17(20)11-25-15-7-9-26(21,22)12-15/h2-5,15H,6-12H2,1H3,(H,18,19)/t15-/m0/s1. The molecular weight excluding hydrogens is 378 g/mol. The fourth-order valence-corrected chi connectivity index (χ4v) is 5.89. The Bertz CT molecular complexity index is 717. The predicted molar refractivity (Wildman–Crippen MR) is 100 cm³/mol. The molecule has 0 bridgehead atoms. The number of sulfone groups is 1. The first-order valence-corrected chi connectivity index (χ1v) is 11.1. The van der Waals surface area contributed by atoms with E-state index in [1.165, 1.54) is 11.8 Å². The van der Waals surface area contributed by atoms with Crippen LogP contribution in [-0.4, -0.2) is 63.1 Å². The second-order valence-corrected chi connectivity index (χ2v) is 9.46. The third kappa shape index (κ3) is 7.25. The summed E-state index contributed by atoms with van der Waals surface area (Å²) >= 11 is 1.27. The highest BCUT2D eigenvalue weighted by Crippen LogP contribution is 2.24. The molecule has 0 unspecified atom stereocenters. The molecule has 1 aromatic rings. The second kappa shape index (κ2) is 9.82. The van der Waals surface area contributed by atoms with Crippen LogP contribution in [0.2, 0.25) is 0 Å². The summed E-state index contributed by atoms with van der Waals surface area (Å²) in [5.74, 6) is 0.245. The molecule has 0 saturated carbocycles. The zero-order valence-electron chi connectivity index (χ0n) is 14.6. The number of methoxy groups -OCH3 is 1. The third-order valence-electron chi connectivity index (χ3n) is 3.89. The average molecular weight is 402 g/mol. The van der Waals surface area contributed by atoms with E-state index in [2.05, 4.69) is 5.32 Å². The molecule has 0 aromatic heterocycles. The van der Waals surface area contributed by atoms with Gasteiger partial charge in [0.2, 0.25) is 0 Å². The molecule has 1 aromatic carbocycles. The molecule has 9 heteroatoms. The van der Waals surface area contributed by atoms with Crippen LogP contribution in [0.25, 0.3) is 0 Å². The number of thioether (sulfide) groups is 1. The summed E-state index contributed by atoms with van der Waals surface area (Å²) in [6.07, 6.45) is 1.22. The number of rotatable bonds is 9. The minimum Gasteiger partial charge on any atom is -0.497 e. The number of hydrogen-bond acceptors (Lipinski definition) is 7. The number of esters is 1. The van der Waals surface area contributed by atoms with Crippen LogP contribution in [0, 0.1) is 0 Å². The molecular formula is C17H23NO6S2. The van der Waals surface area contributed by atoms with E-state index in [4.69, 9.17) is 9.47 Å². The summed E-state index contributed by atoms with van der Waals surface area (Å²) < 4.78 is 32.7.